The summed E-state index contributed by atoms with van der Waals surface area (Å²) in [6.07, 6.45) is -5.18. The summed E-state index contributed by atoms with van der Waals surface area (Å²) >= 11 is 0. The monoisotopic (exact) mass is 685 g/mol. The molecule has 1 saturated carbocycles. The molecule has 1 aliphatic heterocycles. The van der Waals surface area contributed by atoms with Gasteiger partial charge < -0.3 is 40.0 Å². The van der Waals surface area contributed by atoms with Crippen LogP contribution in [0.15, 0.2) is 53.1 Å². The van der Waals surface area contributed by atoms with Crippen molar-refractivity contribution in [1.82, 2.24) is 5.32 Å². The Labute approximate surface area is 287 Å². The molecule has 10 atom stereocenters. The first kappa shape index (κ1) is 38.4. The van der Waals surface area contributed by atoms with Gasteiger partial charge in [-0.15, -0.1) is 0 Å². The van der Waals surface area contributed by atoms with Gasteiger partial charge in [0.2, 0.25) is 5.91 Å². The quantitative estimate of drug-likeness (QED) is 0.170. The number of aliphatic hydroxyl groups is 4. The number of carbonyl (C=O) groups excluding carboxylic acids is 4. The molecule has 4 rings (SSSR count). The highest BCUT2D eigenvalue weighted by Crippen LogP contribution is 2.57. The van der Waals surface area contributed by atoms with Crippen molar-refractivity contribution in [2.24, 2.45) is 17.3 Å². The van der Waals surface area contributed by atoms with Crippen molar-refractivity contribution in [1.29, 1.82) is 0 Å². The van der Waals surface area contributed by atoms with Gasteiger partial charge in [-0.1, -0.05) is 57.5 Å². The molecule has 5 N–H and O–H groups in total. The number of rotatable bonds is 11. The third kappa shape index (κ3) is 7.12. The molecular formula is C37H51NO11. The van der Waals surface area contributed by atoms with Crippen molar-refractivity contribution >= 4 is 23.6 Å². The minimum Gasteiger partial charge on any atom is -0.456 e. The van der Waals surface area contributed by atoms with E-state index in [1.807, 2.05) is 0 Å². The highest BCUT2D eigenvalue weighted by atomic mass is 16.6. The zero-order valence-corrected chi connectivity index (χ0v) is 29.6. The van der Waals surface area contributed by atoms with Gasteiger partial charge in [0.25, 0.3) is 0 Å². The number of allylic oxidation sites excluding steroid dienone is 1. The lowest BCUT2D eigenvalue weighted by Gasteiger charge is -2.62. The lowest BCUT2D eigenvalue weighted by Crippen LogP contribution is -2.75. The summed E-state index contributed by atoms with van der Waals surface area (Å²) in [5, 5.41) is 49.9. The molecule has 0 bridgehead atoms. The van der Waals surface area contributed by atoms with Gasteiger partial charge in [0.1, 0.15) is 23.4 Å². The summed E-state index contributed by atoms with van der Waals surface area (Å²) in [7, 11) is 0. The standard InChI is InChI=1S/C37H51NO11/c1-9-25(40)29-21(5)27(48-34(44)31(42)24(15-19(2)3)38-22(6)39)17-37(46,35(29,7)8)32(49-33(43)23-13-11-10-12-14-23)30-20(4)26(41)16-28-36(30,45)18-47-28/h10-15,20,24,26-28,30-32,41-42,45-46H,9,16-18H2,1-8H3,(H,38,39)/t20-,24?,26?,27?,28?,30?,31?,32?,36-,37?/m0/s1. The summed E-state index contributed by atoms with van der Waals surface area (Å²) in [5.41, 5.74) is -3.86. The summed E-state index contributed by atoms with van der Waals surface area (Å²) < 4.78 is 17.7. The van der Waals surface area contributed by atoms with E-state index < -0.39 is 89.3 Å². The van der Waals surface area contributed by atoms with Crippen LogP contribution in [0.1, 0.15) is 85.0 Å². The van der Waals surface area contributed by atoms with Gasteiger partial charge >= 0.3 is 11.9 Å². The molecule has 2 fully saturated rings. The van der Waals surface area contributed by atoms with Crippen LogP contribution < -0.4 is 5.32 Å². The molecule has 12 nitrogen and oxygen atoms in total. The predicted octanol–water partition coefficient (Wildman–Crippen LogP) is 2.56. The Morgan fingerprint density at radius 1 is 1.10 bits per heavy atom. The molecule has 1 aromatic rings. The fourth-order valence-corrected chi connectivity index (χ4v) is 7.92. The highest BCUT2D eigenvalue weighted by Gasteiger charge is 2.69. The second-order valence-corrected chi connectivity index (χ2v) is 14.6. The summed E-state index contributed by atoms with van der Waals surface area (Å²) in [4.78, 5) is 52.9. The van der Waals surface area contributed by atoms with Gasteiger partial charge in [0.15, 0.2) is 11.9 Å². The molecule has 49 heavy (non-hydrogen) atoms. The van der Waals surface area contributed by atoms with Crippen molar-refractivity contribution in [3.8, 4) is 0 Å². The Kier molecular flexibility index (Phi) is 11.3. The van der Waals surface area contributed by atoms with Crippen molar-refractivity contribution in [3.63, 3.8) is 0 Å². The van der Waals surface area contributed by atoms with Crippen LogP contribution in [0, 0.1) is 17.3 Å². The van der Waals surface area contributed by atoms with Crippen LogP contribution in [-0.2, 0) is 28.6 Å². The zero-order valence-electron chi connectivity index (χ0n) is 29.6. The fraction of sp³-hybridized carbons (Fsp3) is 0.622. The normalized spacial score (nSPS) is 32.4. The zero-order chi connectivity index (χ0) is 36.6. The van der Waals surface area contributed by atoms with E-state index in [2.05, 4.69) is 5.32 Å². The lowest BCUT2D eigenvalue weighted by molar-refractivity contribution is -0.328. The van der Waals surface area contributed by atoms with Crippen LogP contribution >= 0.6 is 0 Å². The molecular weight excluding hydrogens is 634 g/mol. The minimum atomic E-state index is -2.18. The average molecular weight is 686 g/mol. The van der Waals surface area contributed by atoms with E-state index in [4.69, 9.17) is 14.2 Å². The molecule has 3 aliphatic rings. The Bertz CT molecular complexity index is 1500. The number of aliphatic hydroxyl groups excluding tert-OH is 2. The number of nitrogens with one attached hydrogen (secondary N) is 1. The third-order valence-corrected chi connectivity index (χ3v) is 10.7. The van der Waals surface area contributed by atoms with E-state index in [-0.39, 0.29) is 36.4 Å². The van der Waals surface area contributed by atoms with Gasteiger partial charge in [-0.2, -0.15) is 0 Å². The Balaban J connectivity index is 1.86. The van der Waals surface area contributed by atoms with Crippen molar-refractivity contribution < 1.29 is 53.8 Å². The van der Waals surface area contributed by atoms with Crippen LogP contribution in [-0.4, -0.2) is 98.4 Å². The van der Waals surface area contributed by atoms with E-state index in [1.54, 1.807) is 78.8 Å². The van der Waals surface area contributed by atoms with Gasteiger partial charge in [0, 0.05) is 43.1 Å². The second-order valence-electron chi connectivity index (χ2n) is 14.6. The summed E-state index contributed by atoms with van der Waals surface area (Å²) in [6, 6.07) is 6.98. The van der Waals surface area contributed by atoms with Gasteiger partial charge in [-0.25, -0.2) is 9.59 Å². The predicted molar refractivity (Wildman–Crippen MR) is 178 cm³/mol. The maximum Gasteiger partial charge on any atom is 0.338 e. The van der Waals surface area contributed by atoms with Gasteiger partial charge in [-0.3, -0.25) is 9.59 Å². The molecule has 1 amide bonds. The molecule has 270 valence electrons. The molecule has 1 saturated heterocycles. The van der Waals surface area contributed by atoms with Crippen molar-refractivity contribution in [2.75, 3.05) is 6.61 Å². The number of amides is 1. The second kappa shape index (κ2) is 14.4. The van der Waals surface area contributed by atoms with E-state index in [1.165, 1.54) is 13.0 Å². The summed E-state index contributed by atoms with van der Waals surface area (Å²) in [5.74, 6) is -4.54. The summed E-state index contributed by atoms with van der Waals surface area (Å²) in [6.45, 7) is 12.8. The van der Waals surface area contributed by atoms with Gasteiger partial charge in [-0.05, 0) is 44.4 Å². The van der Waals surface area contributed by atoms with Crippen LogP contribution in [0.2, 0.25) is 0 Å². The molecule has 0 aromatic heterocycles. The number of carbonyl (C=O) groups is 4. The third-order valence-electron chi connectivity index (χ3n) is 10.7. The van der Waals surface area contributed by atoms with Gasteiger partial charge in [0.05, 0.1) is 30.4 Å². The maximum atomic E-state index is 13.8. The smallest absolute Gasteiger partial charge is 0.338 e. The SMILES string of the molecule is CCC(=O)C1=C(C)C(OC(=O)C(O)C(C=C(C)C)NC(C)=O)CC(O)(C(OC(=O)c2ccccc2)C2[C@@H](C)C(O)CC3OC[C@]32O)C1(C)C. The van der Waals surface area contributed by atoms with Crippen LogP contribution in [0.5, 0.6) is 0 Å². The van der Waals surface area contributed by atoms with Crippen LogP contribution in [0.25, 0.3) is 0 Å². The molecule has 0 spiro atoms. The van der Waals surface area contributed by atoms with Crippen molar-refractivity contribution in [3.05, 3.63) is 58.7 Å². The fourth-order valence-electron chi connectivity index (χ4n) is 7.92. The maximum absolute atomic E-state index is 13.8. The topological polar surface area (TPSA) is 189 Å². The Morgan fingerprint density at radius 2 is 1.73 bits per heavy atom. The van der Waals surface area contributed by atoms with E-state index in [0.717, 1.165) is 5.57 Å². The number of ether oxygens (including phenoxy) is 3. The first-order chi connectivity index (χ1) is 22.8. The highest BCUT2D eigenvalue weighted by molar-refractivity contribution is 5.98. The van der Waals surface area contributed by atoms with Crippen molar-refractivity contribution in [2.45, 2.75) is 122 Å². The largest absolute Gasteiger partial charge is 0.456 e. The molecule has 8 unspecified atom stereocenters. The van der Waals surface area contributed by atoms with Crippen LogP contribution in [0.3, 0.4) is 0 Å². The number of fused-ring (bicyclic) bond motifs is 1. The van der Waals surface area contributed by atoms with E-state index in [0.29, 0.717) is 5.57 Å². The number of benzene rings is 1. The number of esters is 2. The molecule has 1 aromatic carbocycles. The average Bonchev–Trinajstić information content (AvgIpc) is 3.03. The van der Waals surface area contributed by atoms with Crippen LogP contribution in [0.4, 0.5) is 0 Å². The first-order valence-electron chi connectivity index (χ1n) is 16.9. The number of hydrogen-bond donors (Lipinski definition) is 5. The molecule has 12 heteroatoms. The number of Topliss-reactive ketones (excluding diaryl/α,β-unsaturated/α-hetero) is 1. The van der Waals surface area contributed by atoms with E-state index >= 15 is 0 Å². The Hall–Kier alpha value is -3.42. The number of ketones is 1. The molecule has 0 radical (unpaired) electrons. The minimum absolute atomic E-state index is 0.0352. The van der Waals surface area contributed by atoms with E-state index in [9.17, 15) is 39.6 Å². The first-order valence-corrected chi connectivity index (χ1v) is 16.9. The molecule has 2 aliphatic carbocycles. The Morgan fingerprint density at radius 3 is 2.27 bits per heavy atom. The lowest BCUT2D eigenvalue weighted by atomic mass is 9.52. The molecule has 1 heterocycles. The number of hydrogen-bond acceptors (Lipinski definition) is 11.